The average molecular weight is 476 g/mol. The van der Waals surface area contributed by atoms with Crippen LogP contribution in [0.1, 0.15) is 12.8 Å². The minimum Gasteiger partial charge on any atom is -0.490 e. The normalized spacial score (nSPS) is 14.8. The molecule has 0 saturated carbocycles. The number of fused-ring (bicyclic) bond motifs is 1. The molecule has 9 heteroatoms. The number of aromatic nitrogens is 1. The monoisotopic (exact) mass is 474 g/mol. The second-order valence-electron chi connectivity index (χ2n) is 6.78. The summed E-state index contributed by atoms with van der Waals surface area (Å²) in [5, 5.41) is 0.745. The van der Waals surface area contributed by atoms with Crippen LogP contribution < -0.4 is 4.74 Å². The molecule has 1 fully saturated rings. The molecule has 1 aromatic heterocycles. The van der Waals surface area contributed by atoms with Gasteiger partial charge < -0.3 is 9.72 Å². The number of hydrogen-bond acceptors (Lipinski definition) is 4. The van der Waals surface area contributed by atoms with E-state index in [1.54, 1.807) is 18.2 Å². The van der Waals surface area contributed by atoms with Gasteiger partial charge in [-0.25, -0.2) is 8.42 Å². The Kier molecular flexibility index (Phi) is 7.02. The van der Waals surface area contributed by atoms with Crippen LogP contribution in [0.4, 0.5) is 0 Å². The van der Waals surface area contributed by atoms with Crippen molar-refractivity contribution >= 4 is 56.3 Å². The Labute approximate surface area is 186 Å². The van der Waals surface area contributed by atoms with Crippen LogP contribution >= 0.6 is 35.6 Å². The van der Waals surface area contributed by atoms with Crippen LogP contribution in [0.25, 0.3) is 10.9 Å². The third-order valence-electron chi connectivity index (χ3n) is 4.98. The molecule has 0 unspecified atom stereocenters. The molecule has 1 N–H and O–H groups in total. The summed E-state index contributed by atoms with van der Waals surface area (Å²) in [7, 11) is -3.89. The number of sulfone groups is 1. The number of likely N-dealkylation sites (tertiary alicyclic amines) is 1. The Balaban J connectivity index is 0.00000240. The van der Waals surface area contributed by atoms with Crippen LogP contribution in [0.2, 0.25) is 10.0 Å². The van der Waals surface area contributed by atoms with Gasteiger partial charge in [-0.3, -0.25) is 4.90 Å². The van der Waals surface area contributed by atoms with Crippen molar-refractivity contribution in [1.29, 1.82) is 0 Å². The fraction of sp³-hybridized carbons (Fsp3) is 0.300. The largest absolute Gasteiger partial charge is 0.490 e. The molecule has 1 aliphatic heterocycles. The summed E-state index contributed by atoms with van der Waals surface area (Å²) in [6.45, 7) is 3.63. The summed E-state index contributed by atoms with van der Waals surface area (Å²) < 4.78 is 32.4. The maximum absolute atomic E-state index is 13.2. The second kappa shape index (κ2) is 9.14. The van der Waals surface area contributed by atoms with E-state index in [1.807, 2.05) is 6.07 Å². The van der Waals surface area contributed by atoms with Gasteiger partial charge in [0.05, 0.1) is 20.5 Å². The molecule has 0 atom stereocenters. The molecule has 156 valence electrons. The van der Waals surface area contributed by atoms with Crippen LogP contribution in [0.15, 0.2) is 52.4 Å². The van der Waals surface area contributed by atoms with E-state index in [-0.39, 0.29) is 32.2 Å². The Morgan fingerprint density at radius 3 is 2.38 bits per heavy atom. The summed E-state index contributed by atoms with van der Waals surface area (Å²) >= 11 is 12.3. The van der Waals surface area contributed by atoms with E-state index in [0.29, 0.717) is 23.3 Å². The number of rotatable bonds is 6. The van der Waals surface area contributed by atoms with E-state index >= 15 is 0 Å². The Morgan fingerprint density at radius 2 is 1.69 bits per heavy atom. The first-order chi connectivity index (χ1) is 13.5. The highest BCUT2D eigenvalue weighted by Gasteiger charge is 2.27. The Morgan fingerprint density at radius 1 is 1.03 bits per heavy atom. The first kappa shape index (κ1) is 22.2. The van der Waals surface area contributed by atoms with Crippen LogP contribution in [0.5, 0.6) is 5.75 Å². The summed E-state index contributed by atoms with van der Waals surface area (Å²) in [5.74, 6) is 0.628. The van der Waals surface area contributed by atoms with Crippen LogP contribution in [0.3, 0.4) is 0 Å². The molecule has 1 aliphatic rings. The maximum Gasteiger partial charge on any atom is 0.211 e. The van der Waals surface area contributed by atoms with Gasteiger partial charge in [0, 0.05) is 18.1 Å². The fourth-order valence-electron chi connectivity index (χ4n) is 3.58. The van der Waals surface area contributed by atoms with E-state index in [9.17, 15) is 8.42 Å². The summed E-state index contributed by atoms with van der Waals surface area (Å²) in [4.78, 5) is 5.45. The number of benzene rings is 2. The van der Waals surface area contributed by atoms with Gasteiger partial charge in [-0.1, -0.05) is 41.4 Å². The van der Waals surface area contributed by atoms with Gasteiger partial charge in [0.1, 0.15) is 17.3 Å². The maximum atomic E-state index is 13.2. The average Bonchev–Trinajstić information content (AvgIpc) is 3.31. The number of hydrogen-bond donors (Lipinski definition) is 1. The molecule has 3 aromatic rings. The number of para-hydroxylation sites is 1. The van der Waals surface area contributed by atoms with Crippen molar-refractivity contribution in [2.45, 2.75) is 22.6 Å². The predicted octanol–water partition coefficient (Wildman–Crippen LogP) is 5.20. The van der Waals surface area contributed by atoms with E-state index in [2.05, 4.69) is 9.88 Å². The third-order valence-corrected chi connectivity index (χ3v) is 7.73. The summed E-state index contributed by atoms with van der Waals surface area (Å²) in [6.07, 6.45) is 3.93. The van der Waals surface area contributed by atoms with E-state index in [4.69, 9.17) is 27.9 Å². The standard InChI is InChI=1S/C20H20Cl2N2O3S.ClH/c21-15-6-4-7-16(22)20(15)28(25,26)18-13-23-19-14(18)5-3-8-17(19)27-12-11-24-9-1-2-10-24;/h3-8,13,23H,1-2,9-12H2;1H. The zero-order chi connectivity index (χ0) is 19.7. The SMILES string of the molecule is Cl.O=S(=O)(c1c(Cl)cccc1Cl)c1c[nH]c2c(OCCN3CCCC3)cccc12. The van der Waals surface area contributed by atoms with Gasteiger partial charge in [-0.15, -0.1) is 12.4 Å². The van der Waals surface area contributed by atoms with Gasteiger partial charge in [0.25, 0.3) is 0 Å². The number of nitrogens with one attached hydrogen (secondary N) is 1. The second-order valence-corrected chi connectivity index (χ2v) is 9.45. The quantitative estimate of drug-likeness (QED) is 0.532. The van der Waals surface area contributed by atoms with Crippen molar-refractivity contribution in [3.05, 3.63) is 52.6 Å². The topological polar surface area (TPSA) is 62.4 Å². The minimum atomic E-state index is -3.89. The van der Waals surface area contributed by atoms with Gasteiger partial charge >= 0.3 is 0 Å². The Hall–Kier alpha value is -1.44. The molecule has 0 bridgehead atoms. The van der Waals surface area contributed by atoms with Crippen molar-refractivity contribution in [2.75, 3.05) is 26.2 Å². The number of aromatic amines is 1. The lowest BCUT2D eigenvalue weighted by Crippen LogP contribution is -2.25. The molecular formula is C20H21Cl3N2O3S. The Bertz CT molecular complexity index is 1090. The highest BCUT2D eigenvalue weighted by atomic mass is 35.5. The molecule has 29 heavy (non-hydrogen) atoms. The first-order valence-electron chi connectivity index (χ1n) is 9.13. The third kappa shape index (κ3) is 4.37. The molecule has 0 radical (unpaired) electrons. The highest BCUT2D eigenvalue weighted by molar-refractivity contribution is 7.92. The van der Waals surface area contributed by atoms with Crippen molar-refractivity contribution in [2.24, 2.45) is 0 Å². The van der Waals surface area contributed by atoms with Crippen molar-refractivity contribution in [3.8, 4) is 5.75 Å². The molecule has 4 rings (SSSR count). The van der Waals surface area contributed by atoms with Gasteiger partial charge in [0.2, 0.25) is 9.84 Å². The van der Waals surface area contributed by atoms with Crippen molar-refractivity contribution in [1.82, 2.24) is 9.88 Å². The van der Waals surface area contributed by atoms with Crippen LogP contribution in [0, 0.1) is 0 Å². The first-order valence-corrected chi connectivity index (χ1v) is 11.4. The lowest BCUT2D eigenvalue weighted by Gasteiger charge is -2.15. The van der Waals surface area contributed by atoms with Crippen LogP contribution in [-0.2, 0) is 9.84 Å². The van der Waals surface area contributed by atoms with Gasteiger partial charge in [-0.05, 0) is 44.1 Å². The molecule has 0 amide bonds. The molecule has 0 spiro atoms. The van der Waals surface area contributed by atoms with E-state index in [1.165, 1.54) is 31.2 Å². The number of H-pyrrole nitrogens is 1. The number of halogens is 3. The fourth-order valence-corrected chi connectivity index (χ4v) is 6.13. The lowest BCUT2D eigenvalue weighted by atomic mass is 10.2. The molecular weight excluding hydrogens is 455 g/mol. The molecule has 0 aliphatic carbocycles. The molecule has 5 nitrogen and oxygen atoms in total. The highest BCUT2D eigenvalue weighted by Crippen LogP contribution is 2.38. The van der Waals surface area contributed by atoms with Crippen LogP contribution in [-0.4, -0.2) is 44.5 Å². The molecule has 2 aromatic carbocycles. The number of nitrogens with zero attached hydrogens (tertiary/aromatic N) is 1. The van der Waals surface area contributed by atoms with Crippen molar-refractivity contribution < 1.29 is 13.2 Å². The molecule has 2 heterocycles. The zero-order valence-corrected chi connectivity index (χ0v) is 18.7. The van der Waals surface area contributed by atoms with E-state index in [0.717, 1.165) is 19.6 Å². The minimum absolute atomic E-state index is 0. The van der Waals surface area contributed by atoms with Gasteiger partial charge in [-0.2, -0.15) is 0 Å². The predicted molar refractivity (Wildman–Crippen MR) is 119 cm³/mol. The summed E-state index contributed by atoms with van der Waals surface area (Å²) in [6, 6.07) is 10.0. The summed E-state index contributed by atoms with van der Waals surface area (Å²) in [5.41, 5.74) is 0.644. The zero-order valence-electron chi connectivity index (χ0n) is 15.5. The number of ether oxygens (including phenoxy) is 1. The smallest absolute Gasteiger partial charge is 0.211 e. The lowest BCUT2D eigenvalue weighted by molar-refractivity contribution is 0.239. The van der Waals surface area contributed by atoms with Gasteiger partial charge in [0.15, 0.2) is 0 Å². The van der Waals surface area contributed by atoms with Crippen molar-refractivity contribution in [3.63, 3.8) is 0 Å². The van der Waals surface area contributed by atoms with E-state index < -0.39 is 9.84 Å². The molecule has 1 saturated heterocycles.